The van der Waals surface area contributed by atoms with Crippen molar-refractivity contribution in [2.45, 2.75) is 51.5 Å². The number of carbonyl (C=O) groups excluding carboxylic acids is 1. The van der Waals surface area contributed by atoms with Gasteiger partial charge in [-0.3, -0.25) is 4.79 Å². The Labute approximate surface area is 92.6 Å². The number of methoxy groups -OCH3 is 1. The molecule has 0 amide bonds. The van der Waals surface area contributed by atoms with E-state index >= 15 is 0 Å². The minimum Gasteiger partial charge on any atom is -0.468 e. The van der Waals surface area contributed by atoms with Crippen LogP contribution in [0, 0.1) is 5.92 Å². The van der Waals surface area contributed by atoms with E-state index in [1.165, 1.54) is 45.6 Å². The molecule has 88 valence electrons. The van der Waals surface area contributed by atoms with E-state index in [2.05, 4.69) is 17.0 Å². The van der Waals surface area contributed by atoms with E-state index < -0.39 is 0 Å². The second-order valence-corrected chi connectivity index (χ2v) is 4.50. The summed E-state index contributed by atoms with van der Waals surface area (Å²) in [7, 11) is 1.43. The van der Waals surface area contributed by atoms with Crippen LogP contribution in [0.4, 0.5) is 0 Å². The molecule has 0 bridgehead atoms. The van der Waals surface area contributed by atoms with Gasteiger partial charge in [-0.25, -0.2) is 0 Å². The molecule has 1 N–H and O–H groups in total. The third kappa shape index (κ3) is 4.65. The Balaban J connectivity index is 2.24. The van der Waals surface area contributed by atoms with Crippen molar-refractivity contribution < 1.29 is 9.53 Å². The van der Waals surface area contributed by atoms with Gasteiger partial charge in [-0.1, -0.05) is 25.7 Å². The van der Waals surface area contributed by atoms with E-state index in [0.717, 1.165) is 5.92 Å². The van der Waals surface area contributed by atoms with E-state index in [1.54, 1.807) is 0 Å². The van der Waals surface area contributed by atoms with Crippen molar-refractivity contribution in [1.82, 2.24) is 5.32 Å². The summed E-state index contributed by atoms with van der Waals surface area (Å²) in [5, 5.41) is 3.26. The second-order valence-electron chi connectivity index (χ2n) is 4.50. The summed E-state index contributed by atoms with van der Waals surface area (Å²) in [4.78, 5) is 11.0. The van der Waals surface area contributed by atoms with Gasteiger partial charge in [-0.05, 0) is 25.7 Å². The molecule has 1 fully saturated rings. The molecule has 0 aliphatic heterocycles. The van der Waals surface area contributed by atoms with Gasteiger partial charge < -0.3 is 10.1 Å². The fourth-order valence-corrected chi connectivity index (χ4v) is 2.29. The van der Waals surface area contributed by atoms with E-state index in [4.69, 9.17) is 0 Å². The van der Waals surface area contributed by atoms with Crippen molar-refractivity contribution in [3.8, 4) is 0 Å². The zero-order valence-electron chi connectivity index (χ0n) is 9.92. The molecule has 0 radical (unpaired) electrons. The van der Waals surface area contributed by atoms with Crippen LogP contribution in [0.5, 0.6) is 0 Å². The van der Waals surface area contributed by atoms with Crippen molar-refractivity contribution in [3.05, 3.63) is 0 Å². The van der Waals surface area contributed by atoms with Crippen molar-refractivity contribution in [1.29, 1.82) is 0 Å². The van der Waals surface area contributed by atoms with Crippen LogP contribution in [0.25, 0.3) is 0 Å². The highest BCUT2D eigenvalue weighted by molar-refractivity contribution is 5.71. The first kappa shape index (κ1) is 12.5. The Hall–Kier alpha value is -0.570. The average molecular weight is 213 g/mol. The predicted octanol–water partition coefficient (Wildman–Crippen LogP) is 2.11. The maximum Gasteiger partial charge on any atom is 0.319 e. The molecule has 1 rings (SSSR count). The van der Waals surface area contributed by atoms with Crippen LogP contribution in [0.1, 0.15) is 45.4 Å². The molecular formula is C12H23NO2. The molecule has 1 saturated carbocycles. The van der Waals surface area contributed by atoms with Gasteiger partial charge in [0.25, 0.3) is 0 Å². The smallest absolute Gasteiger partial charge is 0.319 e. The Morgan fingerprint density at radius 1 is 1.33 bits per heavy atom. The number of esters is 1. The monoisotopic (exact) mass is 213 g/mol. The summed E-state index contributed by atoms with van der Waals surface area (Å²) in [6.45, 7) is 2.52. The topological polar surface area (TPSA) is 38.3 Å². The summed E-state index contributed by atoms with van der Waals surface area (Å²) in [6.07, 6.45) is 8.04. The first-order chi connectivity index (χ1) is 7.24. The predicted molar refractivity (Wildman–Crippen MR) is 60.7 cm³/mol. The van der Waals surface area contributed by atoms with Gasteiger partial charge in [0.15, 0.2) is 0 Å². The largest absolute Gasteiger partial charge is 0.468 e. The molecule has 1 aliphatic rings. The van der Waals surface area contributed by atoms with Gasteiger partial charge in [0, 0.05) is 6.04 Å². The van der Waals surface area contributed by atoms with Crippen molar-refractivity contribution in [3.63, 3.8) is 0 Å². The standard InChI is InChI=1S/C12H23NO2/c1-10(13-9-12(14)15-2)11-7-5-3-4-6-8-11/h10-11,13H,3-9H2,1-2H3/t10-/m0/s1. The number of nitrogens with one attached hydrogen (secondary N) is 1. The summed E-state index contributed by atoms with van der Waals surface area (Å²) < 4.78 is 4.61. The first-order valence-electron chi connectivity index (χ1n) is 6.04. The number of carbonyl (C=O) groups is 1. The number of ether oxygens (including phenoxy) is 1. The fraction of sp³-hybridized carbons (Fsp3) is 0.917. The van der Waals surface area contributed by atoms with Gasteiger partial charge in [-0.15, -0.1) is 0 Å². The fourth-order valence-electron chi connectivity index (χ4n) is 2.29. The minimum atomic E-state index is -0.171. The van der Waals surface area contributed by atoms with Gasteiger partial charge in [0.1, 0.15) is 0 Å². The highest BCUT2D eigenvalue weighted by Crippen LogP contribution is 2.25. The highest BCUT2D eigenvalue weighted by atomic mass is 16.5. The van der Waals surface area contributed by atoms with Crippen molar-refractivity contribution in [2.24, 2.45) is 5.92 Å². The summed E-state index contributed by atoms with van der Waals surface area (Å²) in [5.74, 6) is 0.563. The van der Waals surface area contributed by atoms with Crippen LogP contribution in [0.15, 0.2) is 0 Å². The molecule has 3 nitrogen and oxygen atoms in total. The third-order valence-electron chi connectivity index (χ3n) is 3.40. The quantitative estimate of drug-likeness (QED) is 0.574. The van der Waals surface area contributed by atoms with Gasteiger partial charge in [0.05, 0.1) is 13.7 Å². The molecule has 15 heavy (non-hydrogen) atoms. The molecule has 0 aromatic heterocycles. The van der Waals surface area contributed by atoms with E-state index in [9.17, 15) is 4.79 Å². The zero-order valence-corrected chi connectivity index (χ0v) is 9.92. The van der Waals surface area contributed by atoms with Crippen LogP contribution >= 0.6 is 0 Å². The summed E-state index contributed by atoms with van der Waals surface area (Å²) in [5.41, 5.74) is 0. The lowest BCUT2D eigenvalue weighted by molar-refractivity contribution is -0.139. The lowest BCUT2D eigenvalue weighted by atomic mass is 9.93. The Morgan fingerprint density at radius 3 is 2.47 bits per heavy atom. The number of hydrogen-bond donors (Lipinski definition) is 1. The molecule has 0 aromatic rings. The Kier molecular flexibility index (Phi) is 5.69. The lowest BCUT2D eigenvalue weighted by Crippen LogP contribution is -2.37. The van der Waals surface area contributed by atoms with E-state index in [0.29, 0.717) is 12.6 Å². The SMILES string of the molecule is COC(=O)CN[C@@H](C)C1CCCCCC1. The third-order valence-corrected chi connectivity index (χ3v) is 3.40. The van der Waals surface area contributed by atoms with Crippen molar-refractivity contribution >= 4 is 5.97 Å². The molecule has 3 heteroatoms. The molecule has 0 saturated heterocycles. The molecule has 0 unspecified atom stereocenters. The maximum atomic E-state index is 11.0. The van der Waals surface area contributed by atoms with E-state index in [1.807, 2.05) is 0 Å². The average Bonchev–Trinajstić information content (AvgIpc) is 2.53. The van der Waals surface area contributed by atoms with Gasteiger partial charge in [0.2, 0.25) is 0 Å². The van der Waals surface area contributed by atoms with E-state index in [-0.39, 0.29) is 5.97 Å². The first-order valence-corrected chi connectivity index (χ1v) is 6.04. The molecule has 0 heterocycles. The number of rotatable bonds is 4. The molecule has 1 aliphatic carbocycles. The normalized spacial score (nSPS) is 20.7. The second kappa shape index (κ2) is 6.83. The van der Waals surface area contributed by atoms with Crippen LogP contribution in [0.2, 0.25) is 0 Å². The summed E-state index contributed by atoms with van der Waals surface area (Å²) >= 11 is 0. The highest BCUT2D eigenvalue weighted by Gasteiger charge is 2.19. The minimum absolute atomic E-state index is 0.171. The maximum absolute atomic E-state index is 11.0. The van der Waals surface area contributed by atoms with Crippen LogP contribution in [0.3, 0.4) is 0 Å². The van der Waals surface area contributed by atoms with Crippen LogP contribution in [-0.4, -0.2) is 25.7 Å². The summed E-state index contributed by atoms with van der Waals surface area (Å²) in [6, 6.07) is 0.433. The number of hydrogen-bond acceptors (Lipinski definition) is 3. The van der Waals surface area contributed by atoms with Crippen molar-refractivity contribution in [2.75, 3.05) is 13.7 Å². The van der Waals surface area contributed by atoms with Gasteiger partial charge >= 0.3 is 5.97 Å². The van der Waals surface area contributed by atoms with Crippen LogP contribution < -0.4 is 5.32 Å². The van der Waals surface area contributed by atoms with Gasteiger partial charge in [-0.2, -0.15) is 0 Å². The lowest BCUT2D eigenvalue weighted by Gasteiger charge is -2.23. The zero-order chi connectivity index (χ0) is 11.1. The molecular weight excluding hydrogens is 190 g/mol. The Morgan fingerprint density at radius 2 is 1.93 bits per heavy atom. The molecule has 0 aromatic carbocycles. The Bertz CT molecular complexity index is 186. The van der Waals surface area contributed by atoms with Crippen LogP contribution in [-0.2, 0) is 9.53 Å². The molecule has 1 atom stereocenters. The molecule has 0 spiro atoms.